The van der Waals surface area contributed by atoms with Gasteiger partial charge >= 0.3 is 6.03 Å². The molecule has 3 aromatic rings. The third kappa shape index (κ3) is 4.37. The molecule has 2 aromatic heterocycles. The van der Waals surface area contributed by atoms with Crippen molar-refractivity contribution in [2.75, 3.05) is 25.2 Å². The Balaban J connectivity index is 1.13. The van der Waals surface area contributed by atoms with E-state index in [1.807, 2.05) is 6.07 Å². The molecule has 2 N–H and O–H groups in total. The summed E-state index contributed by atoms with van der Waals surface area (Å²) in [4.78, 5) is 26.7. The number of aromatic nitrogens is 2. The number of piperidine rings is 1. The normalized spacial score (nSPS) is 15.6. The molecule has 5 rings (SSSR count). The van der Waals surface area contributed by atoms with Gasteiger partial charge in [-0.05, 0) is 37.1 Å². The lowest BCUT2D eigenvalue weighted by Gasteiger charge is -2.30. The van der Waals surface area contributed by atoms with Crippen molar-refractivity contribution in [3.63, 3.8) is 0 Å². The predicted molar refractivity (Wildman–Crippen MR) is 115 cm³/mol. The zero-order chi connectivity index (χ0) is 21.9. The highest BCUT2D eigenvalue weighted by Gasteiger charge is 2.27. The molecule has 0 bridgehead atoms. The summed E-state index contributed by atoms with van der Waals surface area (Å²) in [7, 11) is 0. The standard InChI is InChI=1S/C21H21N5O5S/c27-18(23-14-3-4-16-17(10-14)31-12-30-16)20-25-24-19(32-20)13-5-7-26(8-6-13)21(28)22-11-15-2-1-9-29-15/h1-4,9-10,13H,5-8,11-12H2,(H,22,28)(H,23,27). The van der Waals surface area contributed by atoms with Crippen molar-refractivity contribution in [2.24, 2.45) is 0 Å². The molecular weight excluding hydrogens is 434 g/mol. The number of carbonyl (C=O) groups is 2. The van der Waals surface area contributed by atoms with E-state index in [2.05, 4.69) is 20.8 Å². The van der Waals surface area contributed by atoms with E-state index in [0.29, 0.717) is 47.6 Å². The molecule has 1 saturated heterocycles. The van der Waals surface area contributed by atoms with E-state index in [1.165, 1.54) is 11.3 Å². The second-order valence-corrected chi connectivity index (χ2v) is 8.48. The van der Waals surface area contributed by atoms with Gasteiger partial charge in [-0.15, -0.1) is 10.2 Å². The van der Waals surface area contributed by atoms with Gasteiger partial charge in [-0.1, -0.05) is 11.3 Å². The van der Waals surface area contributed by atoms with Crippen molar-refractivity contribution < 1.29 is 23.5 Å². The fourth-order valence-corrected chi connectivity index (χ4v) is 4.57. The number of fused-ring (bicyclic) bond motifs is 1. The van der Waals surface area contributed by atoms with Crippen molar-refractivity contribution in [3.05, 3.63) is 52.4 Å². The van der Waals surface area contributed by atoms with Crippen LogP contribution in [0.15, 0.2) is 41.0 Å². The molecule has 0 saturated carbocycles. The lowest BCUT2D eigenvalue weighted by Crippen LogP contribution is -2.43. The first-order chi connectivity index (χ1) is 15.7. The van der Waals surface area contributed by atoms with Gasteiger partial charge in [0.05, 0.1) is 12.8 Å². The first-order valence-corrected chi connectivity index (χ1v) is 11.1. The van der Waals surface area contributed by atoms with Crippen LogP contribution in [0.25, 0.3) is 0 Å². The summed E-state index contributed by atoms with van der Waals surface area (Å²) >= 11 is 1.29. The van der Waals surface area contributed by atoms with Gasteiger partial charge in [0, 0.05) is 30.8 Å². The Labute approximate surface area is 187 Å². The van der Waals surface area contributed by atoms with E-state index in [4.69, 9.17) is 13.9 Å². The number of benzene rings is 1. The summed E-state index contributed by atoms with van der Waals surface area (Å²) < 4.78 is 15.8. The van der Waals surface area contributed by atoms with E-state index < -0.39 is 0 Å². The number of nitrogens with zero attached hydrogens (tertiary/aromatic N) is 3. The number of urea groups is 1. The number of nitrogens with one attached hydrogen (secondary N) is 2. The van der Waals surface area contributed by atoms with Gasteiger partial charge in [-0.3, -0.25) is 4.79 Å². The van der Waals surface area contributed by atoms with Crippen molar-refractivity contribution >= 4 is 29.0 Å². The molecule has 2 aliphatic heterocycles. The number of furan rings is 1. The summed E-state index contributed by atoms with van der Waals surface area (Å²) in [5.74, 6) is 1.83. The second-order valence-electron chi connectivity index (χ2n) is 7.47. The third-order valence-corrected chi connectivity index (χ3v) is 6.48. The topological polar surface area (TPSA) is 119 Å². The van der Waals surface area contributed by atoms with Crippen molar-refractivity contribution in [1.29, 1.82) is 0 Å². The monoisotopic (exact) mass is 455 g/mol. The number of ether oxygens (including phenoxy) is 2. The lowest BCUT2D eigenvalue weighted by molar-refractivity contribution is 0.102. The molecule has 11 heteroatoms. The van der Waals surface area contributed by atoms with Gasteiger partial charge in [0.2, 0.25) is 11.8 Å². The number of likely N-dealkylation sites (tertiary alicyclic amines) is 1. The number of hydrogen-bond donors (Lipinski definition) is 2. The predicted octanol–water partition coefficient (Wildman–Crippen LogP) is 3.20. The van der Waals surface area contributed by atoms with Crippen LogP contribution in [0.1, 0.15) is 39.3 Å². The Hall–Kier alpha value is -3.60. The highest BCUT2D eigenvalue weighted by Crippen LogP contribution is 2.35. The molecule has 0 spiro atoms. The first-order valence-electron chi connectivity index (χ1n) is 10.3. The minimum Gasteiger partial charge on any atom is -0.467 e. The number of amides is 3. The largest absolute Gasteiger partial charge is 0.467 e. The fourth-order valence-electron chi connectivity index (χ4n) is 3.67. The van der Waals surface area contributed by atoms with Gasteiger partial charge < -0.3 is 29.4 Å². The molecule has 0 atom stereocenters. The Morgan fingerprint density at radius 1 is 1.12 bits per heavy atom. The van der Waals surface area contributed by atoms with E-state index in [0.717, 1.165) is 17.8 Å². The summed E-state index contributed by atoms with van der Waals surface area (Å²) in [6.07, 6.45) is 3.12. The van der Waals surface area contributed by atoms with Crippen molar-refractivity contribution in [3.8, 4) is 11.5 Å². The van der Waals surface area contributed by atoms with Gasteiger partial charge in [-0.25, -0.2) is 4.79 Å². The number of rotatable bonds is 5. The first kappa shape index (κ1) is 20.3. The number of hydrogen-bond acceptors (Lipinski definition) is 8. The molecule has 166 valence electrons. The Morgan fingerprint density at radius 3 is 2.78 bits per heavy atom. The third-order valence-electron chi connectivity index (χ3n) is 5.39. The van der Waals surface area contributed by atoms with E-state index in [-0.39, 0.29) is 24.6 Å². The Morgan fingerprint density at radius 2 is 1.97 bits per heavy atom. The minimum absolute atomic E-state index is 0.110. The van der Waals surface area contributed by atoms with E-state index in [1.54, 1.807) is 35.4 Å². The number of anilines is 1. The van der Waals surface area contributed by atoms with Gasteiger partial charge in [0.1, 0.15) is 10.8 Å². The van der Waals surface area contributed by atoms with Gasteiger partial charge in [-0.2, -0.15) is 0 Å². The summed E-state index contributed by atoms with van der Waals surface area (Å²) in [6.45, 7) is 1.78. The average Bonchev–Trinajstić information content (AvgIpc) is 3.59. The van der Waals surface area contributed by atoms with Crippen LogP contribution in [0.3, 0.4) is 0 Å². The van der Waals surface area contributed by atoms with Crippen LogP contribution in [0, 0.1) is 0 Å². The molecule has 1 aromatic carbocycles. The van der Waals surface area contributed by atoms with Crippen molar-refractivity contribution in [1.82, 2.24) is 20.4 Å². The SMILES string of the molecule is O=C(Nc1ccc2c(c1)OCO2)c1nnc(C2CCN(C(=O)NCc3ccco3)CC2)s1. The molecule has 32 heavy (non-hydrogen) atoms. The minimum atomic E-state index is -0.317. The zero-order valence-electron chi connectivity index (χ0n) is 17.1. The average molecular weight is 455 g/mol. The van der Waals surface area contributed by atoms with Crippen LogP contribution >= 0.6 is 11.3 Å². The quantitative estimate of drug-likeness (QED) is 0.606. The highest BCUT2D eigenvalue weighted by molar-refractivity contribution is 7.13. The van der Waals surface area contributed by atoms with Crippen molar-refractivity contribution in [2.45, 2.75) is 25.3 Å². The maximum absolute atomic E-state index is 12.6. The molecule has 0 aliphatic carbocycles. The second kappa shape index (κ2) is 8.87. The maximum atomic E-state index is 12.6. The summed E-state index contributed by atoms with van der Waals surface area (Å²) in [6, 6.07) is 8.72. The molecule has 1 fully saturated rings. The molecule has 3 amide bonds. The van der Waals surface area contributed by atoms with E-state index >= 15 is 0 Å². The smallest absolute Gasteiger partial charge is 0.317 e. The maximum Gasteiger partial charge on any atom is 0.317 e. The lowest BCUT2D eigenvalue weighted by atomic mass is 9.98. The molecule has 0 unspecified atom stereocenters. The molecule has 10 nitrogen and oxygen atoms in total. The number of carbonyl (C=O) groups excluding carboxylic acids is 2. The Kier molecular flexibility index (Phi) is 5.63. The molecule has 0 radical (unpaired) electrons. The summed E-state index contributed by atoms with van der Waals surface area (Å²) in [5, 5.41) is 15.1. The van der Waals surface area contributed by atoms with Crippen LogP contribution in [0.2, 0.25) is 0 Å². The van der Waals surface area contributed by atoms with Crippen LogP contribution in [0.4, 0.5) is 10.5 Å². The van der Waals surface area contributed by atoms with E-state index in [9.17, 15) is 9.59 Å². The fraction of sp³-hybridized carbons (Fsp3) is 0.333. The molecule has 4 heterocycles. The summed E-state index contributed by atoms with van der Waals surface area (Å²) in [5.41, 5.74) is 0.602. The Bertz CT molecular complexity index is 1110. The van der Waals surface area contributed by atoms with Gasteiger partial charge in [0.15, 0.2) is 11.5 Å². The molecule has 2 aliphatic rings. The van der Waals surface area contributed by atoms with Crippen LogP contribution in [-0.4, -0.2) is 46.9 Å². The van der Waals surface area contributed by atoms with Crippen LogP contribution in [-0.2, 0) is 6.54 Å². The molecular formula is C21H21N5O5S. The zero-order valence-corrected chi connectivity index (χ0v) is 17.9. The van der Waals surface area contributed by atoms with Crippen LogP contribution in [0.5, 0.6) is 11.5 Å². The van der Waals surface area contributed by atoms with Crippen LogP contribution < -0.4 is 20.1 Å². The van der Waals surface area contributed by atoms with Gasteiger partial charge in [0.25, 0.3) is 5.91 Å². The highest BCUT2D eigenvalue weighted by atomic mass is 32.1.